The van der Waals surface area contributed by atoms with Crippen molar-refractivity contribution in [3.05, 3.63) is 30.0 Å². The average Bonchev–Trinajstić information content (AvgIpc) is 3.37. The molecule has 9 heteroatoms. The fourth-order valence-corrected chi connectivity index (χ4v) is 6.61. The minimum Gasteiger partial charge on any atom is -0.611 e. The molecule has 3 unspecified atom stereocenters. The van der Waals surface area contributed by atoms with Crippen molar-refractivity contribution < 1.29 is 9.66 Å². The molecule has 3 aliphatic heterocycles. The first-order chi connectivity index (χ1) is 15.0. The van der Waals surface area contributed by atoms with Gasteiger partial charge in [-0.1, -0.05) is 17.6 Å². The maximum absolute atomic E-state index is 12.6. The maximum atomic E-state index is 12.6. The summed E-state index contributed by atoms with van der Waals surface area (Å²) in [6, 6.07) is 9.56. The molecule has 1 aromatic carbocycles. The number of aliphatic hydroxyl groups excluding tert-OH is 1. The number of benzene rings is 1. The van der Waals surface area contributed by atoms with E-state index in [1.807, 2.05) is 0 Å². The van der Waals surface area contributed by atoms with E-state index in [2.05, 4.69) is 47.2 Å². The Kier molecular flexibility index (Phi) is 4.63. The molecule has 7 nitrogen and oxygen atoms in total. The molecule has 3 atom stereocenters. The van der Waals surface area contributed by atoms with Gasteiger partial charge in [0.15, 0.2) is 5.82 Å². The van der Waals surface area contributed by atoms with Crippen molar-refractivity contribution in [3.8, 4) is 0 Å². The van der Waals surface area contributed by atoms with Gasteiger partial charge in [-0.25, -0.2) is 4.98 Å². The summed E-state index contributed by atoms with van der Waals surface area (Å²) < 4.78 is 12.6. The van der Waals surface area contributed by atoms with Crippen LogP contribution in [0.4, 0.5) is 17.5 Å². The molecule has 4 aliphatic rings. The molecular formula is C22H28BN5O2S. The lowest BCUT2D eigenvalue weighted by Gasteiger charge is -2.42. The molecule has 2 saturated heterocycles. The highest BCUT2D eigenvalue weighted by Crippen LogP contribution is 2.43. The predicted octanol–water partition coefficient (Wildman–Crippen LogP) is 0.193. The number of rotatable bonds is 5. The molecule has 4 heterocycles. The summed E-state index contributed by atoms with van der Waals surface area (Å²) in [6.07, 6.45) is 4.86. The third-order valence-electron chi connectivity index (χ3n) is 7.33. The smallest absolute Gasteiger partial charge is 0.228 e. The van der Waals surface area contributed by atoms with E-state index in [0.717, 1.165) is 61.7 Å². The topological polar surface area (TPSA) is 87.6 Å². The second-order valence-corrected chi connectivity index (χ2v) is 11.1. The Morgan fingerprint density at radius 1 is 1.16 bits per heavy atom. The summed E-state index contributed by atoms with van der Waals surface area (Å²) in [4.78, 5) is 15.5. The number of aryl methyl sites for hydroxylation is 1. The van der Waals surface area contributed by atoms with E-state index in [1.54, 1.807) is 0 Å². The van der Waals surface area contributed by atoms with E-state index >= 15 is 0 Å². The van der Waals surface area contributed by atoms with Crippen molar-refractivity contribution in [3.63, 3.8) is 0 Å². The molecule has 162 valence electrons. The quantitative estimate of drug-likeness (QED) is 0.510. The zero-order valence-corrected chi connectivity index (χ0v) is 18.7. The zero-order chi connectivity index (χ0) is 21.2. The highest BCUT2D eigenvalue weighted by molar-refractivity contribution is 7.91. The zero-order valence-electron chi connectivity index (χ0n) is 17.9. The molecule has 2 bridgehead atoms. The molecule has 1 aromatic heterocycles. The van der Waals surface area contributed by atoms with Gasteiger partial charge in [0.2, 0.25) is 10.8 Å². The van der Waals surface area contributed by atoms with Crippen molar-refractivity contribution in [2.75, 3.05) is 40.6 Å². The number of anilines is 3. The normalized spacial score (nSPS) is 28.0. The molecule has 2 N–H and O–H groups in total. The van der Waals surface area contributed by atoms with E-state index < -0.39 is 11.2 Å². The summed E-state index contributed by atoms with van der Waals surface area (Å²) in [6.45, 7) is 2.01. The summed E-state index contributed by atoms with van der Waals surface area (Å²) in [5, 5.41) is 13.2. The predicted molar refractivity (Wildman–Crippen MR) is 126 cm³/mol. The van der Waals surface area contributed by atoms with Gasteiger partial charge in [-0.05, 0) is 49.0 Å². The van der Waals surface area contributed by atoms with Crippen molar-refractivity contribution in [1.29, 1.82) is 0 Å². The fourth-order valence-electron chi connectivity index (χ4n) is 5.30. The van der Waals surface area contributed by atoms with Crippen LogP contribution in [0, 0.1) is 0 Å². The van der Waals surface area contributed by atoms with Crippen LogP contribution < -0.4 is 20.6 Å². The van der Waals surface area contributed by atoms with Crippen LogP contribution in [-0.4, -0.2) is 70.5 Å². The standard InChI is InChI=1S/C22H28BN5O2S/c23-14-1-3-15(4-2-14)27-11-16-5-6-17(12-27)28(16)21-24-18-7-10-31(30)19(18)20(25-21)26-22(13-29)8-9-22/h1-4,16-17,29H,5-13,23H2,(H,24,25,26). The SMILES string of the molecule is Bc1ccc(N2CC3CCC(C2)N3c2nc3c(c(NC4(CO)CC4)n2)[S+]([O-])CC3)cc1. The van der Waals surface area contributed by atoms with Crippen LogP contribution in [0.2, 0.25) is 0 Å². The molecule has 2 aromatic rings. The van der Waals surface area contributed by atoms with Crippen LogP contribution in [-0.2, 0) is 17.6 Å². The lowest BCUT2D eigenvalue weighted by atomic mass is 9.96. The Hall–Kier alpha value is -1.97. The van der Waals surface area contributed by atoms with E-state index in [-0.39, 0.29) is 12.1 Å². The minimum atomic E-state index is -1.06. The molecule has 0 radical (unpaired) electrons. The second kappa shape index (κ2) is 7.28. The Morgan fingerprint density at radius 3 is 2.52 bits per heavy atom. The van der Waals surface area contributed by atoms with E-state index in [0.29, 0.717) is 23.7 Å². The molecule has 0 amide bonds. The van der Waals surface area contributed by atoms with Crippen molar-refractivity contribution in [2.24, 2.45) is 0 Å². The number of aromatic nitrogens is 2. The van der Waals surface area contributed by atoms with Gasteiger partial charge in [-0.2, -0.15) is 4.98 Å². The van der Waals surface area contributed by atoms with Gasteiger partial charge < -0.3 is 24.8 Å². The van der Waals surface area contributed by atoms with E-state index in [9.17, 15) is 9.66 Å². The number of aliphatic hydroxyl groups is 1. The van der Waals surface area contributed by atoms with Crippen LogP contribution in [0.3, 0.4) is 0 Å². The highest BCUT2D eigenvalue weighted by Gasteiger charge is 2.46. The summed E-state index contributed by atoms with van der Waals surface area (Å²) in [5.41, 5.74) is 3.19. The largest absolute Gasteiger partial charge is 0.611 e. The average molecular weight is 437 g/mol. The van der Waals surface area contributed by atoms with Gasteiger partial charge in [0, 0.05) is 37.3 Å². The Balaban J connectivity index is 1.31. The fraction of sp³-hybridized carbons (Fsp3) is 0.545. The van der Waals surface area contributed by atoms with Crippen LogP contribution in [0.5, 0.6) is 0 Å². The van der Waals surface area contributed by atoms with Crippen molar-refractivity contribution >= 4 is 41.9 Å². The monoisotopic (exact) mass is 437 g/mol. The summed E-state index contributed by atoms with van der Waals surface area (Å²) in [7, 11) is 2.12. The number of fused-ring (bicyclic) bond motifs is 3. The molecule has 6 rings (SSSR count). The molecule has 1 aliphatic carbocycles. The molecule has 31 heavy (non-hydrogen) atoms. The lowest BCUT2D eigenvalue weighted by molar-refractivity contribution is 0.265. The van der Waals surface area contributed by atoms with Gasteiger partial charge >= 0.3 is 0 Å². The highest BCUT2D eigenvalue weighted by atomic mass is 32.2. The van der Waals surface area contributed by atoms with Crippen LogP contribution in [0.1, 0.15) is 31.4 Å². The van der Waals surface area contributed by atoms with Crippen LogP contribution >= 0.6 is 0 Å². The van der Waals surface area contributed by atoms with Gasteiger partial charge in [-0.15, -0.1) is 0 Å². The van der Waals surface area contributed by atoms with Gasteiger partial charge in [0.25, 0.3) is 0 Å². The number of hydrogen-bond donors (Lipinski definition) is 2. The number of piperazine rings is 1. The first-order valence-electron chi connectivity index (χ1n) is 11.3. The second-order valence-electron chi connectivity index (χ2n) is 9.54. The number of nitrogens with zero attached hydrogens (tertiary/aromatic N) is 4. The van der Waals surface area contributed by atoms with Crippen molar-refractivity contribution in [2.45, 2.75) is 54.6 Å². The first kappa shape index (κ1) is 19.7. The Morgan fingerprint density at radius 2 is 1.87 bits per heavy atom. The van der Waals surface area contributed by atoms with Crippen molar-refractivity contribution in [1.82, 2.24) is 9.97 Å². The lowest BCUT2D eigenvalue weighted by Crippen LogP contribution is -2.54. The molecule has 0 spiro atoms. The Labute approximate surface area is 186 Å². The van der Waals surface area contributed by atoms with Gasteiger partial charge in [-0.3, -0.25) is 0 Å². The minimum absolute atomic E-state index is 0.0776. The van der Waals surface area contributed by atoms with Crippen LogP contribution in [0.15, 0.2) is 29.2 Å². The van der Waals surface area contributed by atoms with E-state index in [4.69, 9.17) is 9.97 Å². The first-order valence-corrected chi connectivity index (χ1v) is 12.7. The molecular weight excluding hydrogens is 409 g/mol. The third kappa shape index (κ3) is 3.38. The van der Waals surface area contributed by atoms with Crippen LogP contribution in [0.25, 0.3) is 0 Å². The molecule has 1 saturated carbocycles. The van der Waals surface area contributed by atoms with Gasteiger partial charge in [0.05, 0.1) is 12.1 Å². The third-order valence-corrected chi connectivity index (χ3v) is 8.79. The van der Waals surface area contributed by atoms with E-state index in [1.165, 1.54) is 11.2 Å². The molecule has 3 fully saturated rings. The van der Waals surface area contributed by atoms with Gasteiger partial charge in [0.1, 0.15) is 19.3 Å². The number of hydrogen-bond acceptors (Lipinski definition) is 7. The maximum Gasteiger partial charge on any atom is 0.228 e. The summed E-state index contributed by atoms with van der Waals surface area (Å²) in [5.74, 6) is 2.06. The Bertz CT molecular complexity index is 988. The summed E-state index contributed by atoms with van der Waals surface area (Å²) >= 11 is -1.06. The number of nitrogens with one attached hydrogen (secondary N) is 1.